The zero-order chi connectivity index (χ0) is 25.8. The summed E-state index contributed by atoms with van der Waals surface area (Å²) in [6.45, 7) is 3.22. The number of nitrogens with one attached hydrogen (secondary N) is 1. The second-order valence-electron chi connectivity index (χ2n) is 9.80. The Labute approximate surface area is 217 Å². The number of aromatic amines is 1. The molecule has 0 spiro atoms. The lowest BCUT2D eigenvalue weighted by Crippen LogP contribution is -2.44. The predicted octanol–water partition coefficient (Wildman–Crippen LogP) is 5.36. The second kappa shape index (κ2) is 10.9. The third-order valence-electron chi connectivity index (χ3n) is 7.06. The van der Waals surface area contributed by atoms with Gasteiger partial charge in [-0.15, -0.1) is 0 Å². The highest BCUT2D eigenvalue weighted by Gasteiger charge is 2.35. The van der Waals surface area contributed by atoms with Crippen LogP contribution in [0.4, 0.5) is 0 Å². The van der Waals surface area contributed by atoms with Crippen molar-refractivity contribution in [2.45, 2.75) is 38.8 Å². The van der Waals surface area contributed by atoms with Crippen LogP contribution in [-0.4, -0.2) is 52.8 Å². The monoisotopic (exact) mass is 495 g/mol. The van der Waals surface area contributed by atoms with Crippen LogP contribution in [-0.2, 0) is 17.8 Å². The van der Waals surface area contributed by atoms with Gasteiger partial charge in [0.05, 0.1) is 7.11 Å². The average molecular weight is 496 g/mol. The van der Waals surface area contributed by atoms with E-state index in [1.807, 2.05) is 23.2 Å². The maximum Gasteiger partial charge on any atom is 0.254 e. The number of benzene rings is 3. The third kappa shape index (κ3) is 5.85. The molecule has 1 aromatic heterocycles. The summed E-state index contributed by atoms with van der Waals surface area (Å²) in [6, 6.07) is 23.7. The molecule has 37 heavy (non-hydrogen) atoms. The van der Waals surface area contributed by atoms with Crippen molar-refractivity contribution in [3.8, 4) is 5.75 Å². The van der Waals surface area contributed by atoms with Gasteiger partial charge < -0.3 is 19.5 Å². The number of hydrogen-bond donors (Lipinski definition) is 1. The van der Waals surface area contributed by atoms with Crippen molar-refractivity contribution in [1.82, 2.24) is 14.8 Å². The molecule has 0 saturated heterocycles. The van der Waals surface area contributed by atoms with E-state index in [-0.39, 0.29) is 24.4 Å². The van der Waals surface area contributed by atoms with E-state index >= 15 is 0 Å². The van der Waals surface area contributed by atoms with Gasteiger partial charge in [-0.2, -0.15) is 0 Å². The number of carbonyl (C=O) groups excluding carboxylic acids is 2. The van der Waals surface area contributed by atoms with Crippen LogP contribution in [0.3, 0.4) is 0 Å². The number of rotatable bonds is 10. The number of hydrogen-bond acceptors (Lipinski definition) is 3. The number of nitrogens with zero attached hydrogens (tertiary/aromatic N) is 2. The number of methoxy groups -OCH3 is 1. The first-order chi connectivity index (χ1) is 18.0. The van der Waals surface area contributed by atoms with Crippen LogP contribution < -0.4 is 4.74 Å². The van der Waals surface area contributed by atoms with Gasteiger partial charge in [-0.3, -0.25) is 9.59 Å². The number of aromatic nitrogens is 1. The zero-order valence-electron chi connectivity index (χ0n) is 21.4. The van der Waals surface area contributed by atoms with E-state index in [1.54, 1.807) is 36.3 Å². The molecule has 5 rings (SSSR count). The Kier molecular flexibility index (Phi) is 7.26. The third-order valence-corrected chi connectivity index (χ3v) is 7.06. The molecule has 190 valence electrons. The molecule has 6 nitrogen and oxygen atoms in total. The Morgan fingerprint density at radius 3 is 2.41 bits per heavy atom. The standard InChI is InChI=1S/C31H33N3O3/c1-22-7-9-23(10-8-22)20-33(18-17-25-19-32-29-6-4-3-5-28(25)29)30(35)21-34(26-13-14-26)31(36)24-11-15-27(37-2)16-12-24/h3-12,15-16,19,26,32H,13-14,17-18,20-21H2,1-2H3. The van der Waals surface area contributed by atoms with Crippen LogP contribution in [0.2, 0.25) is 0 Å². The minimum Gasteiger partial charge on any atom is -0.497 e. The fourth-order valence-electron chi connectivity index (χ4n) is 4.70. The highest BCUT2D eigenvalue weighted by Crippen LogP contribution is 2.29. The minimum absolute atomic E-state index is 0.0332. The van der Waals surface area contributed by atoms with Crippen molar-refractivity contribution in [1.29, 1.82) is 0 Å². The van der Waals surface area contributed by atoms with E-state index in [4.69, 9.17) is 4.74 Å². The topological polar surface area (TPSA) is 65.6 Å². The molecule has 0 radical (unpaired) electrons. The Morgan fingerprint density at radius 2 is 1.70 bits per heavy atom. The lowest BCUT2D eigenvalue weighted by molar-refractivity contribution is -0.132. The van der Waals surface area contributed by atoms with E-state index < -0.39 is 0 Å². The summed E-state index contributed by atoms with van der Waals surface area (Å²) in [5.41, 5.74) is 5.12. The van der Waals surface area contributed by atoms with Crippen LogP contribution in [0, 0.1) is 6.92 Å². The van der Waals surface area contributed by atoms with E-state index in [9.17, 15) is 9.59 Å². The number of amides is 2. The molecule has 1 aliphatic carbocycles. The van der Waals surface area contributed by atoms with E-state index in [0.717, 1.165) is 30.3 Å². The lowest BCUT2D eigenvalue weighted by Gasteiger charge is -2.28. The largest absolute Gasteiger partial charge is 0.497 e. The summed E-state index contributed by atoms with van der Waals surface area (Å²) in [4.78, 5) is 34.1. The van der Waals surface area contributed by atoms with Gasteiger partial charge in [-0.25, -0.2) is 0 Å². The van der Waals surface area contributed by atoms with Crippen molar-refractivity contribution >= 4 is 22.7 Å². The molecule has 6 heteroatoms. The van der Waals surface area contributed by atoms with Crippen LogP contribution in [0.15, 0.2) is 79.0 Å². The number of ether oxygens (including phenoxy) is 1. The van der Waals surface area contributed by atoms with E-state index in [0.29, 0.717) is 24.4 Å². The van der Waals surface area contributed by atoms with Gasteiger partial charge in [0.1, 0.15) is 12.3 Å². The number of carbonyl (C=O) groups is 2. The highest BCUT2D eigenvalue weighted by molar-refractivity contribution is 5.97. The summed E-state index contributed by atoms with van der Waals surface area (Å²) in [5.74, 6) is 0.562. The van der Waals surface area contributed by atoms with Gasteiger partial charge in [-0.05, 0) is 67.6 Å². The molecule has 1 saturated carbocycles. The molecular formula is C31H33N3O3. The van der Waals surface area contributed by atoms with Crippen LogP contribution in [0.5, 0.6) is 5.75 Å². The lowest BCUT2D eigenvalue weighted by atomic mass is 10.1. The fourth-order valence-corrected chi connectivity index (χ4v) is 4.70. The molecule has 4 aromatic rings. The van der Waals surface area contributed by atoms with E-state index in [1.165, 1.54) is 16.5 Å². The molecule has 3 aromatic carbocycles. The van der Waals surface area contributed by atoms with Crippen molar-refractivity contribution in [2.75, 3.05) is 20.2 Å². The van der Waals surface area contributed by atoms with Gasteiger partial charge in [0.15, 0.2) is 0 Å². The van der Waals surface area contributed by atoms with Gasteiger partial charge in [0.25, 0.3) is 5.91 Å². The van der Waals surface area contributed by atoms with Crippen molar-refractivity contribution in [3.05, 3.63) is 101 Å². The van der Waals surface area contributed by atoms with Gasteiger partial charge in [0.2, 0.25) is 5.91 Å². The maximum absolute atomic E-state index is 13.7. The van der Waals surface area contributed by atoms with Gasteiger partial charge in [0, 0.05) is 41.8 Å². The Balaban J connectivity index is 1.34. The molecule has 1 fully saturated rings. The minimum atomic E-state index is -0.106. The first-order valence-corrected chi connectivity index (χ1v) is 12.8. The molecule has 1 heterocycles. The quantitative estimate of drug-likeness (QED) is 0.322. The molecular weight excluding hydrogens is 462 g/mol. The molecule has 0 unspecified atom stereocenters. The number of aryl methyl sites for hydroxylation is 1. The summed E-state index contributed by atoms with van der Waals surface area (Å²) in [6.07, 6.45) is 4.63. The number of H-pyrrole nitrogens is 1. The van der Waals surface area contributed by atoms with E-state index in [2.05, 4.69) is 48.3 Å². The van der Waals surface area contributed by atoms with Gasteiger partial charge in [-0.1, -0.05) is 48.0 Å². The normalized spacial score (nSPS) is 12.9. The highest BCUT2D eigenvalue weighted by atomic mass is 16.5. The maximum atomic E-state index is 13.7. The SMILES string of the molecule is COc1ccc(C(=O)N(CC(=O)N(CCc2c[nH]c3ccccc23)Cc2ccc(C)cc2)C2CC2)cc1. The summed E-state index contributed by atoms with van der Waals surface area (Å²) in [7, 11) is 1.60. The van der Waals surface area contributed by atoms with Crippen molar-refractivity contribution in [2.24, 2.45) is 0 Å². The Morgan fingerprint density at radius 1 is 0.973 bits per heavy atom. The second-order valence-corrected chi connectivity index (χ2v) is 9.80. The zero-order valence-corrected chi connectivity index (χ0v) is 21.4. The molecule has 0 atom stereocenters. The first-order valence-electron chi connectivity index (χ1n) is 12.8. The molecule has 0 bridgehead atoms. The summed E-state index contributed by atoms with van der Waals surface area (Å²) >= 11 is 0. The average Bonchev–Trinajstić information content (AvgIpc) is 3.69. The fraction of sp³-hybridized carbons (Fsp3) is 0.290. The molecule has 1 aliphatic rings. The number of para-hydroxylation sites is 1. The number of fused-ring (bicyclic) bond motifs is 1. The Hall–Kier alpha value is -4.06. The molecule has 0 aliphatic heterocycles. The first kappa shape index (κ1) is 24.6. The van der Waals surface area contributed by atoms with Crippen molar-refractivity contribution in [3.63, 3.8) is 0 Å². The van der Waals surface area contributed by atoms with Crippen molar-refractivity contribution < 1.29 is 14.3 Å². The molecule has 2 amide bonds. The molecule has 1 N–H and O–H groups in total. The van der Waals surface area contributed by atoms with Crippen LogP contribution in [0.25, 0.3) is 10.9 Å². The van der Waals surface area contributed by atoms with Gasteiger partial charge >= 0.3 is 0 Å². The van der Waals surface area contributed by atoms with Crippen LogP contribution in [0.1, 0.15) is 39.9 Å². The smallest absolute Gasteiger partial charge is 0.254 e. The van der Waals surface area contributed by atoms with Crippen LogP contribution >= 0.6 is 0 Å². The summed E-state index contributed by atoms with van der Waals surface area (Å²) < 4.78 is 5.23. The summed E-state index contributed by atoms with van der Waals surface area (Å²) in [5, 5.41) is 1.18. The predicted molar refractivity (Wildman–Crippen MR) is 146 cm³/mol. The Bertz CT molecular complexity index is 1370.